The van der Waals surface area contributed by atoms with Crippen LogP contribution in [0, 0.1) is 0 Å². The van der Waals surface area contributed by atoms with Gasteiger partial charge in [0.15, 0.2) is 9.84 Å². The Morgan fingerprint density at radius 1 is 1.10 bits per heavy atom. The van der Waals surface area contributed by atoms with Gasteiger partial charge in [-0.15, -0.1) is 0 Å². The number of hydrogen-bond acceptors (Lipinski definition) is 6. The van der Waals surface area contributed by atoms with E-state index in [9.17, 15) is 13.2 Å². The molecule has 2 aliphatic heterocycles. The van der Waals surface area contributed by atoms with Gasteiger partial charge in [-0.25, -0.2) is 13.4 Å². The van der Waals surface area contributed by atoms with Gasteiger partial charge in [0.05, 0.1) is 23.3 Å². The normalized spacial score (nSPS) is 20.0. The van der Waals surface area contributed by atoms with Crippen molar-refractivity contribution in [3.63, 3.8) is 0 Å². The van der Waals surface area contributed by atoms with E-state index in [1.165, 1.54) is 5.56 Å². The number of carbonyl (C=O) groups is 1. The topological polar surface area (TPSA) is 88.4 Å². The molecule has 0 radical (unpaired) electrons. The van der Waals surface area contributed by atoms with Crippen LogP contribution in [-0.4, -0.2) is 71.7 Å². The maximum atomic E-state index is 12.6. The van der Waals surface area contributed by atoms with Gasteiger partial charge in [-0.3, -0.25) is 9.48 Å². The fourth-order valence-electron chi connectivity index (χ4n) is 4.00. The van der Waals surface area contributed by atoms with Crippen molar-refractivity contribution in [2.75, 3.05) is 42.6 Å². The largest absolute Gasteiger partial charge is 0.357 e. The molecule has 2 aromatic heterocycles. The molecule has 0 aliphatic carbocycles. The van der Waals surface area contributed by atoms with Crippen LogP contribution in [0.3, 0.4) is 0 Å². The molecular formula is C20H27N5O3S. The maximum Gasteiger partial charge on any atom is 0.255 e. The molecule has 0 atom stereocenters. The molecule has 156 valence electrons. The van der Waals surface area contributed by atoms with E-state index in [4.69, 9.17) is 0 Å². The third-order valence-electron chi connectivity index (χ3n) is 5.89. The van der Waals surface area contributed by atoms with Crippen molar-refractivity contribution in [1.29, 1.82) is 0 Å². The zero-order valence-corrected chi connectivity index (χ0v) is 17.5. The lowest BCUT2D eigenvalue weighted by Crippen LogP contribution is -2.43. The molecule has 2 saturated heterocycles. The van der Waals surface area contributed by atoms with Crippen LogP contribution in [0.4, 0.5) is 5.82 Å². The quantitative estimate of drug-likeness (QED) is 0.750. The van der Waals surface area contributed by atoms with Crippen molar-refractivity contribution in [2.45, 2.75) is 32.2 Å². The molecule has 2 aromatic rings. The van der Waals surface area contributed by atoms with Gasteiger partial charge in [0.25, 0.3) is 5.91 Å². The number of nitrogens with zero attached hydrogens (tertiary/aromatic N) is 5. The van der Waals surface area contributed by atoms with Crippen LogP contribution in [-0.2, 0) is 16.4 Å². The fourth-order valence-corrected chi connectivity index (χ4v) is 5.20. The number of carbonyl (C=O) groups excluding carboxylic acids is 1. The molecule has 1 amide bonds. The highest BCUT2D eigenvalue weighted by molar-refractivity contribution is 7.91. The highest BCUT2D eigenvalue weighted by atomic mass is 32.2. The Kier molecular flexibility index (Phi) is 5.58. The first kappa shape index (κ1) is 19.9. The van der Waals surface area contributed by atoms with Gasteiger partial charge in [-0.05, 0) is 43.4 Å². The van der Waals surface area contributed by atoms with Crippen LogP contribution in [0.1, 0.15) is 41.6 Å². The van der Waals surface area contributed by atoms with Crippen LogP contribution in [0.15, 0.2) is 30.7 Å². The summed E-state index contributed by atoms with van der Waals surface area (Å²) in [6, 6.07) is 3.69. The summed E-state index contributed by atoms with van der Waals surface area (Å²) < 4.78 is 25.1. The monoisotopic (exact) mass is 417 g/mol. The molecule has 0 unspecified atom stereocenters. The van der Waals surface area contributed by atoms with E-state index >= 15 is 0 Å². The van der Waals surface area contributed by atoms with E-state index in [2.05, 4.69) is 28.1 Å². The Morgan fingerprint density at radius 2 is 1.83 bits per heavy atom. The Morgan fingerprint density at radius 3 is 2.41 bits per heavy atom. The molecule has 0 aromatic carbocycles. The van der Waals surface area contributed by atoms with Crippen LogP contribution in [0.25, 0.3) is 0 Å². The first-order valence-electron chi connectivity index (χ1n) is 10.2. The Labute approximate surface area is 171 Å². The number of pyridine rings is 1. The molecule has 0 bridgehead atoms. The zero-order chi connectivity index (χ0) is 20.4. The Hall–Kier alpha value is -2.42. The molecule has 4 rings (SSSR count). The number of sulfone groups is 1. The number of hydrogen-bond donors (Lipinski definition) is 0. The van der Waals surface area contributed by atoms with Crippen molar-refractivity contribution in [1.82, 2.24) is 19.7 Å². The second-order valence-electron chi connectivity index (χ2n) is 7.74. The van der Waals surface area contributed by atoms with Gasteiger partial charge in [-0.1, -0.05) is 0 Å². The first-order valence-corrected chi connectivity index (χ1v) is 12.0. The van der Waals surface area contributed by atoms with Crippen LogP contribution in [0.5, 0.6) is 0 Å². The Balaban J connectivity index is 1.34. The summed E-state index contributed by atoms with van der Waals surface area (Å²) in [5.41, 5.74) is 1.82. The van der Waals surface area contributed by atoms with Crippen molar-refractivity contribution in [3.05, 3.63) is 41.9 Å². The summed E-state index contributed by atoms with van der Waals surface area (Å²) in [6.45, 7) is 5.34. The van der Waals surface area contributed by atoms with Gasteiger partial charge < -0.3 is 9.80 Å². The van der Waals surface area contributed by atoms with E-state index in [1.807, 2.05) is 16.9 Å². The average molecular weight is 418 g/mol. The summed E-state index contributed by atoms with van der Waals surface area (Å²) in [5.74, 6) is 1.34. The highest BCUT2D eigenvalue weighted by Crippen LogP contribution is 2.29. The molecule has 2 fully saturated rings. The van der Waals surface area contributed by atoms with E-state index in [1.54, 1.807) is 17.2 Å². The second-order valence-corrected chi connectivity index (χ2v) is 10.0. The molecule has 2 aliphatic rings. The number of rotatable bonds is 4. The third kappa shape index (κ3) is 4.44. The average Bonchev–Trinajstić information content (AvgIpc) is 3.23. The van der Waals surface area contributed by atoms with E-state index < -0.39 is 9.84 Å². The number of aryl methyl sites for hydroxylation is 1. The lowest BCUT2D eigenvalue weighted by atomic mass is 9.91. The maximum absolute atomic E-state index is 12.6. The van der Waals surface area contributed by atoms with Crippen LogP contribution < -0.4 is 4.90 Å². The molecule has 9 heteroatoms. The van der Waals surface area contributed by atoms with E-state index in [0.717, 1.165) is 38.3 Å². The lowest BCUT2D eigenvalue weighted by Gasteiger charge is -2.32. The number of aromatic nitrogens is 3. The number of anilines is 1. The minimum Gasteiger partial charge on any atom is -0.357 e. The van der Waals surface area contributed by atoms with Gasteiger partial charge in [-0.2, -0.15) is 5.10 Å². The fraction of sp³-hybridized carbons (Fsp3) is 0.550. The summed E-state index contributed by atoms with van der Waals surface area (Å²) in [5, 5.41) is 4.38. The molecule has 8 nitrogen and oxygen atoms in total. The van der Waals surface area contributed by atoms with Gasteiger partial charge in [0, 0.05) is 45.1 Å². The zero-order valence-electron chi connectivity index (χ0n) is 16.7. The number of piperidine rings is 1. The second kappa shape index (κ2) is 8.14. The molecular weight excluding hydrogens is 390 g/mol. The SMILES string of the molecule is CCn1cc(C2CCN(c3ccc(C(=O)N4CCS(=O)(=O)CC4)cn3)CC2)cn1. The smallest absolute Gasteiger partial charge is 0.255 e. The first-order chi connectivity index (χ1) is 13.9. The molecule has 0 saturated carbocycles. The van der Waals surface area contributed by atoms with E-state index in [-0.39, 0.29) is 30.5 Å². The molecule has 0 N–H and O–H groups in total. The summed E-state index contributed by atoms with van der Waals surface area (Å²) in [6.07, 6.45) is 7.84. The van der Waals surface area contributed by atoms with Crippen molar-refractivity contribution >= 4 is 21.6 Å². The molecule has 4 heterocycles. The van der Waals surface area contributed by atoms with Crippen molar-refractivity contribution in [3.8, 4) is 0 Å². The predicted octanol–water partition coefficient (Wildman–Crippen LogP) is 1.55. The van der Waals surface area contributed by atoms with E-state index in [0.29, 0.717) is 11.5 Å². The molecule has 0 spiro atoms. The minimum absolute atomic E-state index is 0.0381. The standard InChI is InChI=1S/C20H27N5O3S/c1-2-25-15-18(14-22-25)16-5-7-23(8-6-16)19-4-3-17(13-21-19)20(26)24-9-11-29(27,28)12-10-24/h3-4,13-16H,2,5-12H2,1H3. The molecule has 29 heavy (non-hydrogen) atoms. The summed E-state index contributed by atoms with van der Waals surface area (Å²) >= 11 is 0. The third-order valence-corrected chi connectivity index (χ3v) is 7.50. The predicted molar refractivity (Wildman–Crippen MR) is 111 cm³/mol. The summed E-state index contributed by atoms with van der Waals surface area (Å²) in [7, 11) is -3.00. The number of amides is 1. The van der Waals surface area contributed by atoms with Crippen molar-refractivity contribution in [2.24, 2.45) is 0 Å². The van der Waals surface area contributed by atoms with Gasteiger partial charge in [0.2, 0.25) is 0 Å². The highest BCUT2D eigenvalue weighted by Gasteiger charge is 2.26. The van der Waals surface area contributed by atoms with Crippen LogP contribution >= 0.6 is 0 Å². The van der Waals surface area contributed by atoms with Crippen molar-refractivity contribution < 1.29 is 13.2 Å². The van der Waals surface area contributed by atoms with Crippen LogP contribution in [0.2, 0.25) is 0 Å². The van der Waals surface area contributed by atoms with Gasteiger partial charge in [0.1, 0.15) is 5.82 Å². The lowest BCUT2D eigenvalue weighted by molar-refractivity contribution is 0.0770. The summed E-state index contributed by atoms with van der Waals surface area (Å²) in [4.78, 5) is 20.9. The van der Waals surface area contributed by atoms with Gasteiger partial charge >= 0.3 is 0 Å². The Bertz CT molecular complexity index is 948. The minimum atomic E-state index is -3.00.